The van der Waals surface area contributed by atoms with Gasteiger partial charge in [-0.1, -0.05) is 42.0 Å². The molecule has 5 nitrogen and oxygen atoms in total. The van der Waals surface area contributed by atoms with Gasteiger partial charge in [-0.3, -0.25) is 4.79 Å². The minimum Gasteiger partial charge on any atom is -0.487 e. The lowest BCUT2D eigenvalue weighted by Gasteiger charge is -2.11. The summed E-state index contributed by atoms with van der Waals surface area (Å²) >= 11 is 8.45. The van der Waals surface area contributed by atoms with E-state index < -0.39 is 0 Å². The summed E-state index contributed by atoms with van der Waals surface area (Å²) in [7, 11) is 0. The first-order chi connectivity index (χ1) is 17.0. The van der Waals surface area contributed by atoms with E-state index in [9.17, 15) is 4.79 Å². The Morgan fingerprint density at radius 1 is 1.03 bits per heavy atom. The summed E-state index contributed by atoms with van der Waals surface area (Å²) in [6, 6.07) is 20.2. The lowest BCUT2D eigenvalue weighted by Crippen LogP contribution is -2.24. The van der Waals surface area contributed by atoms with Gasteiger partial charge in [0.05, 0.1) is 17.9 Å². The predicted octanol–water partition coefficient (Wildman–Crippen LogP) is 6.79. The van der Waals surface area contributed by atoms with Crippen LogP contribution in [0.25, 0.3) is 0 Å². The van der Waals surface area contributed by atoms with Crippen LogP contribution in [0.1, 0.15) is 26.8 Å². The van der Waals surface area contributed by atoms with Crippen molar-refractivity contribution in [3.8, 4) is 11.5 Å². The van der Waals surface area contributed by atoms with Gasteiger partial charge in [0.15, 0.2) is 6.61 Å². The maximum absolute atomic E-state index is 12.1. The Hall–Kier alpha value is -1.44. The number of rotatable bonds is 9. The zero-order valence-corrected chi connectivity index (χ0v) is 24.9. The molecule has 1 heterocycles. The second kappa shape index (κ2) is 13.2. The fourth-order valence-electron chi connectivity index (χ4n) is 3.26. The molecule has 1 fully saturated rings. The molecule has 0 atom stereocenters. The number of carbonyl (C=O) groups excluding carboxylic acids is 1. The maximum atomic E-state index is 12.1. The number of amides is 1. The van der Waals surface area contributed by atoms with Crippen LogP contribution >= 0.6 is 68.7 Å². The van der Waals surface area contributed by atoms with Crippen molar-refractivity contribution >= 4 is 80.8 Å². The first-order valence-electron chi connectivity index (χ1n) is 10.9. The van der Waals surface area contributed by atoms with Crippen molar-refractivity contribution < 1.29 is 14.3 Å². The van der Waals surface area contributed by atoms with Gasteiger partial charge in [-0.05, 0) is 93.1 Å². The van der Waals surface area contributed by atoms with Gasteiger partial charge >= 0.3 is 0 Å². The van der Waals surface area contributed by atoms with Crippen LogP contribution in [0.4, 0.5) is 0 Å². The van der Waals surface area contributed by atoms with Gasteiger partial charge in [0.1, 0.15) is 18.1 Å². The summed E-state index contributed by atoms with van der Waals surface area (Å²) in [6.45, 7) is 2.49. The quantitative estimate of drug-likeness (QED) is 0.149. The minimum atomic E-state index is -0.310. The van der Waals surface area contributed by atoms with E-state index in [1.54, 1.807) is 6.21 Å². The molecule has 0 radical (unpaired) electrons. The molecule has 0 spiro atoms. The van der Waals surface area contributed by atoms with Crippen molar-refractivity contribution in [2.24, 2.45) is 5.10 Å². The smallest absolute Gasteiger partial charge is 0.277 e. The third-order valence-electron chi connectivity index (χ3n) is 5.07. The van der Waals surface area contributed by atoms with Crippen molar-refractivity contribution in [2.45, 2.75) is 18.1 Å². The zero-order valence-electron chi connectivity index (χ0n) is 19.0. The van der Waals surface area contributed by atoms with Crippen LogP contribution in [0.3, 0.4) is 0 Å². The van der Waals surface area contributed by atoms with Crippen LogP contribution in [-0.2, 0) is 11.4 Å². The van der Waals surface area contributed by atoms with Crippen molar-refractivity contribution in [2.75, 3.05) is 18.1 Å². The predicted molar refractivity (Wildman–Crippen MR) is 163 cm³/mol. The molecule has 1 aliphatic rings. The van der Waals surface area contributed by atoms with E-state index in [2.05, 4.69) is 99.0 Å². The molecule has 3 aromatic rings. The Balaban J connectivity index is 1.25. The molecule has 182 valence electrons. The maximum Gasteiger partial charge on any atom is 0.277 e. The van der Waals surface area contributed by atoms with Gasteiger partial charge in [-0.2, -0.15) is 5.10 Å². The highest BCUT2D eigenvalue weighted by Crippen LogP contribution is 2.45. The number of thioether (sulfide) groups is 2. The van der Waals surface area contributed by atoms with Gasteiger partial charge in [0.25, 0.3) is 5.91 Å². The van der Waals surface area contributed by atoms with Crippen LogP contribution in [0.5, 0.6) is 11.5 Å². The Kier molecular flexibility index (Phi) is 10.0. The molecule has 0 saturated carbocycles. The second-order valence-corrected chi connectivity index (χ2v) is 12.9. The Labute approximate surface area is 241 Å². The SMILES string of the molecule is Cc1ccc(COc2c(I)cc(/C=N\NC(=O)COc3ccc(C4SCCS4)cc3)cc2I)cc1. The summed E-state index contributed by atoms with van der Waals surface area (Å²) in [5.41, 5.74) is 7.04. The van der Waals surface area contributed by atoms with E-state index in [0.29, 0.717) is 16.9 Å². The molecule has 1 N–H and O–H groups in total. The van der Waals surface area contributed by atoms with Gasteiger partial charge < -0.3 is 9.47 Å². The molecule has 1 aliphatic heterocycles. The van der Waals surface area contributed by atoms with Gasteiger partial charge in [0, 0.05) is 11.5 Å². The summed E-state index contributed by atoms with van der Waals surface area (Å²) in [5.74, 6) is 3.59. The first-order valence-corrected chi connectivity index (χ1v) is 15.2. The largest absolute Gasteiger partial charge is 0.487 e. The molecule has 9 heteroatoms. The average molecular weight is 730 g/mol. The summed E-state index contributed by atoms with van der Waals surface area (Å²) in [4.78, 5) is 12.1. The summed E-state index contributed by atoms with van der Waals surface area (Å²) in [6.07, 6.45) is 1.62. The fraction of sp³-hybridized carbons (Fsp3) is 0.231. The molecule has 35 heavy (non-hydrogen) atoms. The van der Waals surface area contributed by atoms with E-state index in [0.717, 1.165) is 24.0 Å². The van der Waals surface area contributed by atoms with Gasteiger partial charge in [-0.15, -0.1) is 23.5 Å². The average Bonchev–Trinajstić information content (AvgIpc) is 3.39. The van der Waals surface area contributed by atoms with Crippen LogP contribution in [0.2, 0.25) is 0 Å². The van der Waals surface area contributed by atoms with Gasteiger partial charge in [-0.25, -0.2) is 5.43 Å². The van der Waals surface area contributed by atoms with E-state index in [-0.39, 0.29) is 12.5 Å². The second-order valence-electron chi connectivity index (χ2n) is 7.81. The van der Waals surface area contributed by atoms with Crippen LogP contribution < -0.4 is 14.9 Å². The summed E-state index contributed by atoms with van der Waals surface area (Å²) in [5, 5.41) is 4.08. The number of benzene rings is 3. The molecule has 0 bridgehead atoms. The van der Waals surface area contributed by atoms with E-state index in [4.69, 9.17) is 9.47 Å². The molecule has 0 aliphatic carbocycles. The van der Waals surface area contributed by atoms with Crippen molar-refractivity contribution in [3.05, 3.63) is 90.1 Å². The molecule has 1 amide bonds. The lowest BCUT2D eigenvalue weighted by atomic mass is 10.2. The fourth-order valence-corrected chi connectivity index (χ4v) is 8.25. The number of nitrogens with one attached hydrogen (secondary N) is 1. The minimum absolute atomic E-state index is 0.0928. The third kappa shape index (κ3) is 8.02. The van der Waals surface area contributed by atoms with Crippen LogP contribution in [0, 0.1) is 14.1 Å². The number of halogens is 2. The molecular weight excluding hydrogens is 706 g/mol. The lowest BCUT2D eigenvalue weighted by molar-refractivity contribution is -0.123. The van der Waals surface area contributed by atoms with Crippen molar-refractivity contribution in [1.29, 1.82) is 0 Å². The molecule has 4 rings (SSSR count). The van der Waals surface area contributed by atoms with Crippen LogP contribution in [-0.4, -0.2) is 30.2 Å². The van der Waals surface area contributed by atoms with Crippen molar-refractivity contribution in [1.82, 2.24) is 5.43 Å². The standard InChI is InChI=1S/C26H24I2N2O3S2/c1-17-2-4-18(5-3-17)15-33-25-22(27)12-19(13-23(25)28)14-29-30-24(31)16-32-21-8-6-20(7-9-21)26-34-10-11-35-26/h2-9,12-14,26H,10-11,15-16H2,1H3,(H,30,31)/b29-14-. The number of ether oxygens (including phenoxy) is 2. The normalized spacial score (nSPS) is 13.8. The highest BCUT2D eigenvalue weighted by Gasteiger charge is 2.18. The topological polar surface area (TPSA) is 59.9 Å². The monoisotopic (exact) mass is 730 g/mol. The van der Waals surface area contributed by atoms with Crippen LogP contribution in [0.15, 0.2) is 65.8 Å². The number of aryl methyl sites for hydroxylation is 1. The first kappa shape index (κ1) is 26.6. The zero-order chi connectivity index (χ0) is 24.6. The Morgan fingerprint density at radius 3 is 2.34 bits per heavy atom. The van der Waals surface area contributed by atoms with E-state index in [1.165, 1.54) is 22.6 Å². The highest BCUT2D eigenvalue weighted by atomic mass is 127. The van der Waals surface area contributed by atoms with E-state index >= 15 is 0 Å². The number of hydrazone groups is 1. The molecule has 1 saturated heterocycles. The number of nitrogens with zero attached hydrogens (tertiary/aromatic N) is 1. The molecular formula is C26H24I2N2O3S2. The molecule has 3 aromatic carbocycles. The third-order valence-corrected chi connectivity index (χ3v) is 9.78. The number of hydrogen-bond acceptors (Lipinski definition) is 6. The summed E-state index contributed by atoms with van der Waals surface area (Å²) < 4.78 is 14.1. The number of carbonyl (C=O) groups is 1. The molecule has 0 unspecified atom stereocenters. The van der Waals surface area contributed by atoms with E-state index in [1.807, 2.05) is 47.8 Å². The molecule has 0 aromatic heterocycles. The highest BCUT2D eigenvalue weighted by molar-refractivity contribution is 14.1. The van der Waals surface area contributed by atoms with Crippen molar-refractivity contribution in [3.63, 3.8) is 0 Å². The Morgan fingerprint density at radius 2 is 1.69 bits per heavy atom. The van der Waals surface area contributed by atoms with Gasteiger partial charge in [0.2, 0.25) is 0 Å². The Bertz CT molecular complexity index is 1160. The number of hydrogen-bond donors (Lipinski definition) is 1.